The molecule has 6 nitrogen and oxygen atoms in total. The quantitative estimate of drug-likeness (QED) is 0.508. The topological polar surface area (TPSA) is 81.6 Å². The van der Waals surface area contributed by atoms with E-state index in [0.29, 0.717) is 23.1 Å². The van der Waals surface area contributed by atoms with Crippen molar-refractivity contribution < 1.29 is 13.9 Å². The van der Waals surface area contributed by atoms with Gasteiger partial charge in [0.05, 0.1) is 28.7 Å². The van der Waals surface area contributed by atoms with Crippen LogP contribution in [0.2, 0.25) is 5.15 Å². The van der Waals surface area contributed by atoms with Crippen molar-refractivity contribution in [2.75, 3.05) is 11.4 Å². The number of anilines is 1. The van der Waals surface area contributed by atoms with Crippen molar-refractivity contribution >= 4 is 44.9 Å². The number of aromatic nitrogens is 1. The summed E-state index contributed by atoms with van der Waals surface area (Å²) in [5, 5.41) is 0.313. The van der Waals surface area contributed by atoms with Crippen LogP contribution in [0, 0.1) is 6.92 Å². The molecule has 29 heavy (non-hydrogen) atoms. The van der Waals surface area contributed by atoms with Crippen molar-refractivity contribution in [3.8, 4) is 0 Å². The highest BCUT2D eigenvalue weighted by Gasteiger charge is 2.28. The maximum absolute atomic E-state index is 13.1. The molecular formula is C21H26ClN3O3S. The third kappa shape index (κ3) is 4.74. The van der Waals surface area contributed by atoms with Gasteiger partial charge in [-0.3, -0.25) is 4.90 Å². The molecule has 0 aliphatic heterocycles. The van der Waals surface area contributed by atoms with Crippen LogP contribution in [0.5, 0.6) is 0 Å². The molecule has 3 aromatic rings. The summed E-state index contributed by atoms with van der Waals surface area (Å²) < 4.78 is 12.0. The Labute approximate surface area is 179 Å². The van der Waals surface area contributed by atoms with E-state index in [4.69, 9.17) is 26.5 Å². The second-order valence-electron chi connectivity index (χ2n) is 8.02. The number of halogens is 1. The lowest BCUT2D eigenvalue weighted by Crippen LogP contribution is -2.36. The maximum atomic E-state index is 13.1. The lowest BCUT2D eigenvalue weighted by molar-refractivity contribution is 0.0575. The molecule has 0 aromatic carbocycles. The Morgan fingerprint density at radius 3 is 2.76 bits per heavy atom. The Balaban J connectivity index is 2.16. The molecule has 2 N–H and O–H groups in total. The van der Waals surface area contributed by atoms with Crippen molar-refractivity contribution in [3.63, 3.8) is 0 Å². The van der Waals surface area contributed by atoms with E-state index in [1.807, 2.05) is 33.8 Å². The largest absolute Gasteiger partial charge is 0.467 e. The Hall–Kier alpha value is -2.09. The highest BCUT2D eigenvalue weighted by Crippen LogP contribution is 2.41. The molecule has 0 saturated heterocycles. The number of nitrogens with zero attached hydrogens (tertiary/aromatic N) is 2. The third-order valence-corrected chi connectivity index (χ3v) is 6.19. The summed E-state index contributed by atoms with van der Waals surface area (Å²) in [6.07, 6.45) is 1.10. The molecule has 0 saturated carbocycles. The SMILES string of the molecule is Cc1c(C(C)CN)sc2c(N(Cc3ccco3)C(=O)OC(C)(C)C)cc(Cl)nc12. The molecule has 8 heteroatoms. The molecular weight excluding hydrogens is 410 g/mol. The van der Waals surface area contributed by atoms with Gasteiger partial charge in [-0.25, -0.2) is 9.78 Å². The van der Waals surface area contributed by atoms with Gasteiger partial charge in [0.15, 0.2) is 0 Å². The first-order valence-corrected chi connectivity index (χ1v) is 10.6. The summed E-state index contributed by atoms with van der Waals surface area (Å²) in [6, 6.07) is 5.30. The second kappa shape index (κ2) is 8.34. The van der Waals surface area contributed by atoms with Crippen LogP contribution in [-0.2, 0) is 11.3 Å². The van der Waals surface area contributed by atoms with Crippen LogP contribution in [0.15, 0.2) is 28.9 Å². The first-order chi connectivity index (χ1) is 13.6. The van der Waals surface area contributed by atoms with Crippen LogP contribution in [0.3, 0.4) is 0 Å². The Kier molecular flexibility index (Phi) is 6.22. The molecule has 1 unspecified atom stereocenters. The van der Waals surface area contributed by atoms with E-state index in [-0.39, 0.29) is 12.5 Å². The van der Waals surface area contributed by atoms with Crippen LogP contribution < -0.4 is 10.6 Å². The fraction of sp³-hybridized carbons (Fsp3) is 0.429. The van der Waals surface area contributed by atoms with Gasteiger partial charge in [-0.1, -0.05) is 18.5 Å². The van der Waals surface area contributed by atoms with Gasteiger partial charge in [0, 0.05) is 16.9 Å². The zero-order valence-corrected chi connectivity index (χ0v) is 18.9. The number of amides is 1. The van der Waals surface area contributed by atoms with Crippen molar-refractivity contribution in [1.29, 1.82) is 0 Å². The molecule has 0 radical (unpaired) electrons. The minimum absolute atomic E-state index is 0.181. The minimum Gasteiger partial charge on any atom is -0.467 e. The van der Waals surface area contributed by atoms with Crippen LogP contribution in [0.25, 0.3) is 10.2 Å². The number of aryl methyl sites for hydroxylation is 1. The standard InChI is InChI=1S/C21H26ClN3O3S/c1-12(10-23)18-13(2)17-19(29-18)15(9-16(22)24-17)25(11-14-7-6-8-27-14)20(26)28-21(3,4)5/h6-9,12H,10-11,23H2,1-5H3. The third-order valence-electron chi connectivity index (χ3n) is 4.46. The summed E-state index contributed by atoms with van der Waals surface area (Å²) in [7, 11) is 0. The molecule has 156 valence electrons. The number of nitrogens with two attached hydrogens (primary N) is 1. The monoisotopic (exact) mass is 435 g/mol. The van der Waals surface area contributed by atoms with E-state index in [9.17, 15) is 4.79 Å². The van der Waals surface area contributed by atoms with Gasteiger partial charge >= 0.3 is 6.09 Å². The van der Waals surface area contributed by atoms with Gasteiger partial charge in [-0.2, -0.15) is 0 Å². The number of thiophene rings is 1. The molecule has 0 aliphatic rings. The Morgan fingerprint density at radius 2 is 2.17 bits per heavy atom. The molecule has 0 bridgehead atoms. The first-order valence-electron chi connectivity index (χ1n) is 9.43. The predicted octanol–water partition coefficient (Wildman–Crippen LogP) is 5.86. The molecule has 1 atom stereocenters. The fourth-order valence-electron chi connectivity index (χ4n) is 3.05. The highest BCUT2D eigenvalue weighted by molar-refractivity contribution is 7.20. The second-order valence-corrected chi connectivity index (χ2v) is 9.46. The van der Waals surface area contributed by atoms with E-state index in [1.54, 1.807) is 34.6 Å². The van der Waals surface area contributed by atoms with Gasteiger partial charge in [0.2, 0.25) is 0 Å². The van der Waals surface area contributed by atoms with E-state index >= 15 is 0 Å². The maximum Gasteiger partial charge on any atom is 0.415 e. The zero-order chi connectivity index (χ0) is 21.3. The number of furan rings is 1. The van der Waals surface area contributed by atoms with Gasteiger partial charge in [0.25, 0.3) is 0 Å². The average molecular weight is 436 g/mol. The zero-order valence-electron chi connectivity index (χ0n) is 17.3. The summed E-state index contributed by atoms with van der Waals surface area (Å²) in [6.45, 7) is 10.3. The summed E-state index contributed by atoms with van der Waals surface area (Å²) in [5.41, 5.74) is 7.72. The molecule has 1 amide bonds. The summed E-state index contributed by atoms with van der Waals surface area (Å²) in [4.78, 5) is 20.3. The van der Waals surface area contributed by atoms with E-state index in [1.165, 1.54) is 0 Å². The molecule has 3 aromatic heterocycles. The Bertz CT molecular complexity index is 1010. The normalized spacial score (nSPS) is 12.9. The Morgan fingerprint density at radius 1 is 1.45 bits per heavy atom. The number of carbonyl (C=O) groups is 1. The average Bonchev–Trinajstić information content (AvgIpc) is 3.25. The number of rotatable bonds is 5. The first kappa shape index (κ1) is 21.6. The number of fused-ring (bicyclic) bond motifs is 1. The molecule has 3 rings (SSSR count). The molecule has 0 spiro atoms. The molecule has 3 heterocycles. The summed E-state index contributed by atoms with van der Waals surface area (Å²) >= 11 is 7.94. The van der Waals surface area contributed by atoms with Crippen LogP contribution >= 0.6 is 22.9 Å². The molecule has 0 aliphatic carbocycles. The van der Waals surface area contributed by atoms with Crippen LogP contribution in [0.4, 0.5) is 10.5 Å². The van der Waals surface area contributed by atoms with Crippen molar-refractivity contribution in [2.24, 2.45) is 5.73 Å². The number of carbonyl (C=O) groups excluding carboxylic acids is 1. The van der Waals surface area contributed by atoms with Gasteiger partial charge in [-0.05, 0) is 51.9 Å². The van der Waals surface area contributed by atoms with Gasteiger partial charge < -0.3 is 14.9 Å². The fourth-order valence-corrected chi connectivity index (χ4v) is 4.57. The summed E-state index contributed by atoms with van der Waals surface area (Å²) in [5.74, 6) is 0.821. The minimum atomic E-state index is -0.640. The lowest BCUT2D eigenvalue weighted by atomic mass is 10.1. The highest BCUT2D eigenvalue weighted by atomic mass is 35.5. The van der Waals surface area contributed by atoms with E-state index < -0.39 is 11.7 Å². The molecule has 0 fully saturated rings. The lowest BCUT2D eigenvalue weighted by Gasteiger charge is -2.27. The number of hydrogen-bond donors (Lipinski definition) is 1. The van der Waals surface area contributed by atoms with Crippen LogP contribution in [-0.4, -0.2) is 23.2 Å². The number of hydrogen-bond acceptors (Lipinski definition) is 6. The van der Waals surface area contributed by atoms with Crippen molar-refractivity contribution in [1.82, 2.24) is 4.98 Å². The number of pyridine rings is 1. The van der Waals surface area contributed by atoms with Gasteiger partial charge in [-0.15, -0.1) is 11.3 Å². The number of ether oxygens (including phenoxy) is 1. The van der Waals surface area contributed by atoms with E-state index in [2.05, 4.69) is 11.9 Å². The smallest absolute Gasteiger partial charge is 0.415 e. The van der Waals surface area contributed by atoms with E-state index in [0.717, 1.165) is 20.7 Å². The van der Waals surface area contributed by atoms with Crippen molar-refractivity contribution in [2.45, 2.75) is 52.7 Å². The van der Waals surface area contributed by atoms with Crippen LogP contribution in [0.1, 0.15) is 49.8 Å². The van der Waals surface area contributed by atoms with Crippen molar-refractivity contribution in [3.05, 3.63) is 45.8 Å². The predicted molar refractivity (Wildman–Crippen MR) is 118 cm³/mol. The van der Waals surface area contributed by atoms with Gasteiger partial charge in [0.1, 0.15) is 16.5 Å².